The number of hydrogen-bond acceptors (Lipinski definition) is 3. The van der Waals surface area contributed by atoms with Crippen LogP contribution >= 0.6 is 0 Å². The number of carboxylic acids is 1. The minimum absolute atomic E-state index is 0.218. The predicted molar refractivity (Wildman–Crippen MR) is 65.6 cm³/mol. The van der Waals surface area contributed by atoms with Crippen molar-refractivity contribution in [2.75, 3.05) is 0 Å². The number of hydrogen-bond donors (Lipinski definition) is 2. The predicted octanol–water partition coefficient (Wildman–Crippen LogP) is 1.50. The number of rotatable bonds is 4. The highest BCUT2D eigenvalue weighted by molar-refractivity contribution is 7.89. The number of nitrogens with one attached hydrogen (secondary N) is 1. The first-order chi connectivity index (χ1) is 8.87. The summed E-state index contributed by atoms with van der Waals surface area (Å²) in [5.74, 6) is -2.11. The second kappa shape index (κ2) is 4.90. The van der Waals surface area contributed by atoms with E-state index in [4.69, 9.17) is 0 Å². The van der Waals surface area contributed by atoms with Crippen LogP contribution in [0.15, 0.2) is 29.2 Å². The molecule has 0 heterocycles. The van der Waals surface area contributed by atoms with Gasteiger partial charge in [0.05, 0.1) is 0 Å². The molecule has 1 aliphatic carbocycles. The summed E-state index contributed by atoms with van der Waals surface area (Å²) in [6.07, 6.45) is 1.70. The zero-order valence-corrected chi connectivity index (χ0v) is 10.9. The Morgan fingerprint density at radius 2 is 1.84 bits per heavy atom. The first-order valence-corrected chi connectivity index (χ1v) is 7.38. The van der Waals surface area contributed by atoms with Gasteiger partial charge in [-0.2, -0.15) is 4.72 Å². The van der Waals surface area contributed by atoms with Crippen LogP contribution in [-0.4, -0.2) is 25.0 Å². The van der Waals surface area contributed by atoms with Crippen molar-refractivity contribution in [1.29, 1.82) is 0 Å². The normalized spacial score (nSPS) is 18.4. The second-order valence-electron chi connectivity index (χ2n) is 4.63. The maximum absolute atomic E-state index is 13.5. The minimum atomic E-state index is -4.18. The Bertz CT molecular complexity index is 594. The molecule has 1 saturated carbocycles. The molecule has 0 unspecified atom stereocenters. The van der Waals surface area contributed by atoms with Crippen molar-refractivity contribution in [3.8, 4) is 0 Å². The van der Waals surface area contributed by atoms with Gasteiger partial charge in [-0.15, -0.1) is 0 Å². The van der Waals surface area contributed by atoms with Gasteiger partial charge >= 0.3 is 5.97 Å². The lowest BCUT2D eigenvalue weighted by molar-refractivity contribution is -0.143. The smallest absolute Gasteiger partial charge is 0.324 e. The molecule has 1 fully saturated rings. The van der Waals surface area contributed by atoms with E-state index in [2.05, 4.69) is 4.72 Å². The maximum Gasteiger partial charge on any atom is 0.324 e. The molecule has 5 nitrogen and oxygen atoms in total. The lowest BCUT2D eigenvalue weighted by atomic mass is 10.0. The van der Waals surface area contributed by atoms with Crippen molar-refractivity contribution in [1.82, 2.24) is 4.72 Å². The summed E-state index contributed by atoms with van der Waals surface area (Å²) in [6.45, 7) is 0. The summed E-state index contributed by atoms with van der Waals surface area (Å²) in [4.78, 5) is 10.8. The van der Waals surface area contributed by atoms with Gasteiger partial charge in [0.25, 0.3) is 0 Å². The minimum Gasteiger partial charge on any atom is -0.480 e. The Hall–Kier alpha value is -1.47. The van der Waals surface area contributed by atoms with E-state index in [1.807, 2.05) is 0 Å². The van der Waals surface area contributed by atoms with Crippen molar-refractivity contribution in [2.24, 2.45) is 0 Å². The van der Waals surface area contributed by atoms with Gasteiger partial charge < -0.3 is 5.11 Å². The summed E-state index contributed by atoms with van der Waals surface area (Å²) in [6, 6.07) is 4.90. The van der Waals surface area contributed by atoms with Gasteiger partial charge in [-0.1, -0.05) is 25.0 Å². The molecular formula is C12H14FNO4S. The van der Waals surface area contributed by atoms with E-state index >= 15 is 0 Å². The molecular weight excluding hydrogens is 273 g/mol. The highest BCUT2D eigenvalue weighted by Gasteiger charge is 2.45. The Morgan fingerprint density at radius 1 is 1.26 bits per heavy atom. The van der Waals surface area contributed by atoms with Gasteiger partial charge in [0.1, 0.15) is 16.3 Å². The average molecular weight is 287 g/mol. The Morgan fingerprint density at radius 3 is 2.37 bits per heavy atom. The Kier molecular flexibility index (Phi) is 3.60. The number of carboxylic acid groups (broad SMARTS) is 1. The van der Waals surface area contributed by atoms with Crippen molar-refractivity contribution in [3.63, 3.8) is 0 Å². The van der Waals surface area contributed by atoms with Crippen LogP contribution in [0, 0.1) is 5.82 Å². The lowest BCUT2D eigenvalue weighted by Crippen LogP contribution is -2.52. The summed E-state index contributed by atoms with van der Waals surface area (Å²) in [5.41, 5.74) is -1.51. The zero-order chi connectivity index (χ0) is 14.1. The van der Waals surface area contributed by atoms with E-state index in [1.165, 1.54) is 12.1 Å². The van der Waals surface area contributed by atoms with Crippen LogP contribution < -0.4 is 4.72 Å². The third-order valence-corrected chi connectivity index (χ3v) is 4.89. The van der Waals surface area contributed by atoms with E-state index in [9.17, 15) is 22.7 Å². The third-order valence-electron chi connectivity index (χ3n) is 3.32. The molecule has 0 bridgehead atoms. The van der Waals surface area contributed by atoms with E-state index in [0.717, 1.165) is 12.1 Å². The summed E-state index contributed by atoms with van der Waals surface area (Å²) < 4.78 is 39.9. The van der Waals surface area contributed by atoms with Crippen LogP contribution in [0.4, 0.5) is 4.39 Å². The molecule has 2 rings (SSSR count). The molecule has 0 spiro atoms. The van der Waals surface area contributed by atoms with Crippen LogP contribution in [0.25, 0.3) is 0 Å². The molecule has 2 N–H and O–H groups in total. The fourth-order valence-corrected chi connectivity index (χ4v) is 3.81. The fourth-order valence-electron chi connectivity index (χ4n) is 2.31. The van der Waals surface area contributed by atoms with Crippen molar-refractivity contribution < 1.29 is 22.7 Å². The van der Waals surface area contributed by atoms with Crippen molar-refractivity contribution in [3.05, 3.63) is 30.1 Å². The number of halogens is 1. The van der Waals surface area contributed by atoms with Gasteiger partial charge in [0, 0.05) is 0 Å². The molecule has 0 atom stereocenters. The lowest BCUT2D eigenvalue weighted by Gasteiger charge is -2.25. The van der Waals surface area contributed by atoms with Gasteiger partial charge in [-0.05, 0) is 25.0 Å². The zero-order valence-electron chi connectivity index (χ0n) is 10.1. The van der Waals surface area contributed by atoms with Gasteiger partial charge in [-0.3, -0.25) is 4.79 Å². The molecule has 0 saturated heterocycles. The molecule has 19 heavy (non-hydrogen) atoms. The number of sulfonamides is 1. The summed E-state index contributed by atoms with van der Waals surface area (Å²) >= 11 is 0. The molecule has 0 aromatic heterocycles. The topological polar surface area (TPSA) is 83.5 Å². The first-order valence-electron chi connectivity index (χ1n) is 5.89. The molecule has 0 radical (unpaired) electrons. The van der Waals surface area contributed by atoms with E-state index in [1.54, 1.807) is 0 Å². The van der Waals surface area contributed by atoms with Crippen molar-refractivity contribution in [2.45, 2.75) is 36.1 Å². The summed E-state index contributed by atoms with van der Waals surface area (Å²) in [7, 11) is -4.18. The Labute approximate surface area is 110 Å². The monoisotopic (exact) mass is 287 g/mol. The SMILES string of the molecule is O=C(O)C1(NS(=O)(=O)c2ccccc2F)CCCC1. The largest absolute Gasteiger partial charge is 0.480 e. The van der Waals surface area contributed by atoms with Gasteiger partial charge in [-0.25, -0.2) is 12.8 Å². The Balaban J connectivity index is 2.36. The van der Waals surface area contributed by atoms with E-state index < -0.39 is 32.2 Å². The highest BCUT2D eigenvalue weighted by Crippen LogP contribution is 2.31. The quantitative estimate of drug-likeness (QED) is 0.879. The molecule has 1 aromatic rings. The van der Waals surface area contributed by atoms with Crippen LogP contribution in [0.3, 0.4) is 0 Å². The van der Waals surface area contributed by atoms with Crippen molar-refractivity contribution >= 4 is 16.0 Å². The molecule has 0 amide bonds. The molecule has 7 heteroatoms. The average Bonchev–Trinajstić information content (AvgIpc) is 2.78. The van der Waals surface area contributed by atoms with Crippen LogP contribution in [0.5, 0.6) is 0 Å². The molecule has 104 valence electrons. The van der Waals surface area contributed by atoms with Crippen LogP contribution in [-0.2, 0) is 14.8 Å². The number of aliphatic carboxylic acids is 1. The second-order valence-corrected chi connectivity index (χ2v) is 6.28. The maximum atomic E-state index is 13.5. The van der Waals surface area contributed by atoms with E-state index in [0.29, 0.717) is 12.8 Å². The highest BCUT2D eigenvalue weighted by atomic mass is 32.2. The number of carbonyl (C=O) groups is 1. The molecule has 1 aromatic carbocycles. The van der Waals surface area contributed by atoms with Gasteiger partial charge in [0.15, 0.2) is 0 Å². The first kappa shape index (κ1) is 14.0. The third kappa shape index (κ3) is 2.62. The molecule has 0 aliphatic heterocycles. The molecule has 1 aliphatic rings. The van der Waals surface area contributed by atoms with Gasteiger partial charge in [0.2, 0.25) is 10.0 Å². The number of benzene rings is 1. The standard InChI is InChI=1S/C12H14FNO4S/c13-9-5-1-2-6-10(9)19(17,18)14-12(11(15)16)7-3-4-8-12/h1-2,5-6,14H,3-4,7-8H2,(H,15,16). The van der Waals surface area contributed by atoms with Crippen LogP contribution in [0.1, 0.15) is 25.7 Å². The fraction of sp³-hybridized carbons (Fsp3) is 0.417. The van der Waals surface area contributed by atoms with Crippen LogP contribution in [0.2, 0.25) is 0 Å². The summed E-state index contributed by atoms with van der Waals surface area (Å²) in [5, 5.41) is 9.22. The van der Waals surface area contributed by atoms with E-state index in [-0.39, 0.29) is 12.8 Å².